The zero-order valence-electron chi connectivity index (χ0n) is 17.8. The number of hydrogen-bond acceptors (Lipinski definition) is 4. The van der Waals surface area contributed by atoms with E-state index >= 15 is 0 Å². The molecule has 0 radical (unpaired) electrons. The van der Waals surface area contributed by atoms with Crippen LogP contribution in [0.5, 0.6) is 0 Å². The molecule has 4 aromatic carbocycles. The molecule has 0 fully saturated rings. The topological polar surface area (TPSA) is 24.1 Å². The molecule has 0 amide bonds. The number of anilines is 4. The number of benzene rings is 4. The van der Waals surface area contributed by atoms with E-state index in [1.165, 1.54) is 48.8 Å². The Balaban J connectivity index is 0.000000133. The van der Waals surface area contributed by atoms with E-state index in [9.17, 15) is 0 Å². The van der Waals surface area contributed by atoms with Crippen LogP contribution in [-0.4, -0.2) is 0 Å². The Kier molecular flexibility index (Phi) is 7.23. The van der Waals surface area contributed by atoms with E-state index in [-0.39, 0.29) is 0 Å². The summed E-state index contributed by atoms with van der Waals surface area (Å²) in [6, 6.07) is 33.5. The Morgan fingerprint density at radius 3 is 0.935 bits per heavy atom. The van der Waals surface area contributed by atoms with E-state index in [4.69, 9.17) is 0 Å². The first kappa shape index (κ1) is 21.4. The van der Waals surface area contributed by atoms with Gasteiger partial charge in [-0.1, -0.05) is 92.3 Å². The first-order valence-corrected chi connectivity index (χ1v) is 12.2. The minimum atomic E-state index is 1.20. The van der Waals surface area contributed by atoms with Crippen LogP contribution in [-0.2, 0) is 0 Å². The summed E-state index contributed by atoms with van der Waals surface area (Å²) in [4.78, 5) is 5.19. The molecule has 2 nitrogen and oxygen atoms in total. The van der Waals surface area contributed by atoms with E-state index in [0.717, 1.165) is 0 Å². The molecule has 2 aliphatic heterocycles. The lowest BCUT2D eigenvalue weighted by Gasteiger charge is -2.19. The smallest absolute Gasteiger partial charge is 0.0526 e. The van der Waals surface area contributed by atoms with Gasteiger partial charge in [-0.3, -0.25) is 0 Å². The Hall–Kier alpha value is -2.82. The van der Waals surface area contributed by atoms with Crippen LogP contribution in [0.4, 0.5) is 22.7 Å². The summed E-state index contributed by atoms with van der Waals surface area (Å²) in [6.45, 7) is 4.25. The zero-order chi connectivity index (χ0) is 21.5. The van der Waals surface area contributed by atoms with Crippen molar-refractivity contribution in [2.24, 2.45) is 0 Å². The Morgan fingerprint density at radius 1 is 0.452 bits per heavy atom. The third kappa shape index (κ3) is 5.27. The average molecular weight is 443 g/mol. The number of rotatable bonds is 0. The quantitative estimate of drug-likeness (QED) is 0.245. The van der Waals surface area contributed by atoms with Crippen molar-refractivity contribution in [2.75, 3.05) is 10.6 Å². The highest BCUT2D eigenvalue weighted by molar-refractivity contribution is 8.00. The first-order valence-electron chi connectivity index (χ1n) is 10.5. The molecular formula is C27H26N2S2. The van der Waals surface area contributed by atoms with Crippen LogP contribution in [0.15, 0.2) is 117 Å². The third-order valence-electron chi connectivity index (χ3n) is 4.53. The van der Waals surface area contributed by atoms with Crippen molar-refractivity contribution in [3.05, 3.63) is 97.1 Å². The van der Waals surface area contributed by atoms with E-state index in [0.29, 0.717) is 0 Å². The second-order valence-corrected chi connectivity index (χ2v) is 9.31. The number of nitrogens with one attached hydrogen (secondary N) is 2. The van der Waals surface area contributed by atoms with Crippen LogP contribution in [0.3, 0.4) is 0 Å². The number of hydrogen-bond donors (Lipinski definition) is 2. The third-order valence-corrected chi connectivity index (χ3v) is 6.83. The molecule has 0 saturated carbocycles. The van der Waals surface area contributed by atoms with Crippen LogP contribution in [0.25, 0.3) is 0 Å². The Bertz CT molecular complexity index is 891. The molecule has 4 heteroatoms. The molecule has 4 aromatic rings. The first-order chi connectivity index (χ1) is 15.3. The number of fused-ring (bicyclic) bond motifs is 4. The highest BCUT2D eigenvalue weighted by atomic mass is 32.2. The lowest BCUT2D eigenvalue weighted by atomic mass is 10.2. The van der Waals surface area contributed by atoms with Gasteiger partial charge in [0, 0.05) is 19.6 Å². The minimum absolute atomic E-state index is 1.20. The fourth-order valence-corrected chi connectivity index (χ4v) is 5.14. The fourth-order valence-electron chi connectivity index (χ4n) is 3.16. The van der Waals surface area contributed by atoms with Gasteiger partial charge in [0.25, 0.3) is 0 Å². The second-order valence-electron chi connectivity index (χ2n) is 7.15. The summed E-state index contributed by atoms with van der Waals surface area (Å²) >= 11 is 3.64. The molecule has 0 aromatic heterocycles. The molecule has 0 aliphatic carbocycles. The highest BCUT2D eigenvalue weighted by Gasteiger charge is 2.14. The summed E-state index contributed by atoms with van der Waals surface area (Å²) in [7, 11) is 0. The predicted molar refractivity (Wildman–Crippen MR) is 137 cm³/mol. The van der Waals surface area contributed by atoms with Gasteiger partial charge in [0.1, 0.15) is 0 Å². The lowest BCUT2D eigenvalue weighted by Crippen LogP contribution is -1.98. The van der Waals surface area contributed by atoms with Gasteiger partial charge in [-0.05, 0) is 48.5 Å². The van der Waals surface area contributed by atoms with Gasteiger partial charge in [-0.2, -0.15) is 0 Å². The van der Waals surface area contributed by atoms with Crippen LogP contribution in [0, 0.1) is 0 Å². The van der Waals surface area contributed by atoms with Gasteiger partial charge in [0.2, 0.25) is 0 Å². The van der Waals surface area contributed by atoms with Gasteiger partial charge in [0.05, 0.1) is 22.7 Å². The average Bonchev–Trinajstić information content (AvgIpc) is 2.82. The molecule has 0 bridgehead atoms. The van der Waals surface area contributed by atoms with Crippen molar-refractivity contribution in [1.29, 1.82) is 0 Å². The maximum Gasteiger partial charge on any atom is 0.0526 e. The van der Waals surface area contributed by atoms with Crippen molar-refractivity contribution in [2.45, 2.75) is 39.9 Å². The van der Waals surface area contributed by atoms with Crippen molar-refractivity contribution >= 4 is 46.3 Å². The van der Waals surface area contributed by atoms with E-state index in [2.05, 4.69) is 122 Å². The molecule has 0 unspecified atom stereocenters. The lowest BCUT2D eigenvalue weighted by molar-refractivity contribution is 1.09. The summed E-state index contributed by atoms with van der Waals surface area (Å²) in [5.74, 6) is 0. The zero-order valence-corrected chi connectivity index (χ0v) is 19.4. The SMILES string of the molecule is CCC.c1ccc2c(c1)Nc1ccccc1S2.c1ccc2c(c1)Nc1ccccc1S2. The maximum absolute atomic E-state index is 3.42. The van der Waals surface area contributed by atoms with Crippen molar-refractivity contribution in [1.82, 2.24) is 0 Å². The Morgan fingerprint density at radius 2 is 0.677 bits per heavy atom. The monoisotopic (exact) mass is 442 g/mol. The number of para-hydroxylation sites is 4. The molecule has 0 saturated heterocycles. The molecule has 2 N–H and O–H groups in total. The summed E-state index contributed by atoms with van der Waals surface area (Å²) in [6.07, 6.45) is 1.25. The largest absolute Gasteiger partial charge is 0.354 e. The molecule has 0 spiro atoms. The Labute approximate surface area is 193 Å². The van der Waals surface area contributed by atoms with Crippen LogP contribution in [0.1, 0.15) is 20.3 Å². The summed E-state index contributed by atoms with van der Waals surface area (Å²) in [5.41, 5.74) is 4.82. The fraction of sp³-hybridized carbons (Fsp3) is 0.111. The molecular weight excluding hydrogens is 416 g/mol. The van der Waals surface area contributed by atoms with Crippen molar-refractivity contribution in [3.63, 3.8) is 0 Å². The van der Waals surface area contributed by atoms with Gasteiger partial charge in [-0.15, -0.1) is 0 Å². The summed E-state index contributed by atoms with van der Waals surface area (Å²) in [5, 5.41) is 6.84. The van der Waals surface area contributed by atoms with Crippen molar-refractivity contribution in [3.8, 4) is 0 Å². The van der Waals surface area contributed by atoms with Crippen LogP contribution in [0.2, 0.25) is 0 Å². The molecule has 0 atom stereocenters. The minimum Gasteiger partial charge on any atom is -0.354 e. The normalized spacial score (nSPS) is 11.9. The molecule has 31 heavy (non-hydrogen) atoms. The van der Waals surface area contributed by atoms with Crippen LogP contribution >= 0.6 is 23.5 Å². The second kappa shape index (κ2) is 10.5. The molecule has 156 valence electrons. The molecule has 6 rings (SSSR count). The molecule has 2 heterocycles. The van der Waals surface area contributed by atoms with Gasteiger partial charge in [-0.25, -0.2) is 0 Å². The van der Waals surface area contributed by atoms with Gasteiger partial charge < -0.3 is 10.6 Å². The maximum atomic E-state index is 3.42. The van der Waals surface area contributed by atoms with Crippen molar-refractivity contribution < 1.29 is 0 Å². The van der Waals surface area contributed by atoms with Crippen LogP contribution < -0.4 is 10.6 Å². The van der Waals surface area contributed by atoms with E-state index in [1.54, 1.807) is 0 Å². The van der Waals surface area contributed by atoms with Gasteiger partial charge in [0.15, 0.2) is 0 Å². The van der Waals surface area contributed by atoms with E-state index < -0.39 is 0 Å². The van der Waals surface area contributed by atoms with Gasteiger partial charge >= 0.3 is 0 Å². The predicted octanol–water partition coefficient (Wildman–Crippen LogP) is 9.21. The summed E-state index contributed by atoms with van der Waals surface area (Å²) < 4.78 is 0. The van der Waals surface area contributed by atoms with E-state index in [1.807, 2.05) is 23.5 Å². The highest BCUT2D eigenvalue weighted by Crippen LogP contribution is 2.44. The standard InChI is InChI=1S/2C12H9NS.C3H8/c2*1-3-7-11-9(5-1)13-10-6-2-4-8-12(10)14-11;1-3-2/h2*1-8,13H;3H2,1-2H3. The molecule has 2 aliphatic rings.